The van der Waals surface area contributed by atoms with E-state index in [1.165, 1.54) is 0 Å². The van der Waals surface area contributed by atoms with Crippen molar-refractivity contribution in [1.82, 2.24) is 42.1 Å². The van der Waals surface area contributed by atoms with E-state index in [9.17, 15) is 78.3 Å². The SMILES string of the molecule is C[C@@H](O)[C@H](NC(=O)[C@H](CO)NC(=O)[C@@H]1CCCN1C(=O)[C@H](CCCN=C(N)N)NC(=O)[C@H](CO)NC(=O)[C@H](CCCCN)NC(=O)[C@@H](NC(=O)[C@H](CCC(N)=O)NC(=O)[C@@H](N)CCC(N)=O)[C@@H](C)O)C(=O)O. The first-order valence-electron chi connectivity index (χ1n) is 23.1. The number of carboxylic acids is 1. The normalized spacial score (nSPS) is 17.3. The zero-order valence-corrected chi connectivity index (χ0v) is 40.2. The van der Waals surface area contributed by atoms with Gasteiger partial charge in [0.25, 0.3) is 0 Å². The van der Waals surface area contributed by atoms with Crippen molar-refractivity contribution in [2.45, 2.75) is 151 Å². The van der Waals surface area contributed by atoms with Gasteiger partial charge in [-0.1, -0.05) is 0 Å². The van der Waals surface area contributed by atoms with Crippen LogP contribution >= 0.6 is 0 Å². The fourth-order valence-corrected chi connectivity index (χ4v) is 7.05. The number of unbranched alkanes of at least 4 members (excludes halogenated alkanes) is 1. The predicted molar refractivity (Wildman–Crippen MR) is 251 cm³/mol. The van der Waals surface area contributed by atoms with E-state index in [0.29, 0.717) is 6.42 Å². The van der Waals surface area contributed by atoms with Gasteiger partial charge in [-0.15, -0.1) is 0 Å². The number of aliphatic imine (C=N–C) groups is 1. The lowest BCUT2D eigenvalue weighted by Gasteiger charge is -2.31. The number of primary amides is 2. The van der Waals surface area contributed by atoms with E-state index >= 15 is 0 Å². The maximum absolute atomic E-state index is 14.2. The van der Waals surface area contributed by atoms with Crippen LogP contribution in [0.3, 0.4) is 0 Å². The minimum atomic E-state index is -1.82. The molecule has 1 aliphatic heterocycles. The van der Waals surface area contributed by atoms with E-state index in [2.05, 4.69) is 36.9 Å². The molecule has 24 N–H and O–H groups in total. The predicted octanol–water partition coefficient (Wildman–Crippen LogP) is -9.76. The minimum Gasteiger partial charge on any atom is -0.480 e. The highest BCUT2D eigenvalue weighted by Gasteiger charge is 2.40. The lowest BCUT2D eigenvalue weighted by molar-refractivity contribution is -0.146. The Morgan fingerprint density at radius 3 is 1.61 bits per heavy atom. The number of nitrogens with two attached hydrogens (primary N) is 6. The molecule has 0 spiro atoms. The minimum absolute atomic E-state index is 0.0313. The molecule has 0 aromatic rings. The van der Waals surface area contributed by atoms with Crippen molar-refractivity contribution in [3.63, 3.8) is 0 Å². The molecular weight excluding hydrogens is 959 g/mol. The summed E-state index contributed by atoms with van der Waals surface area (Å²) in [5.74, 6) is -11.7. The van der Waals surface area contributed by atoms with Crippen LogP contribution in [-0.2, 0) is 52.7 Å². The molecule has 408 valence electrons. The summed E-state index contributed by atoms with van der Waals surface area (Å²) in [6.45, 7) is 0.235. The quantitative estimate of drug-likeness (QED) is 0.0162. The lowest BCUT2D eigenvalue weighted by atomic mass is 10.0. The summed E-state index contributed by atoms with van der Waals surface area (Å²) in [4.78, 5) is 147. The molecule has 1 saturated heterocycles. The highest BCUT2D eigenvalue weighted by atomic mass is 16.4. The van der Waals surface area contributed by atoms with Crippen molar-refractivity contribution in [3.05, 3.63) is 0 Å². The van der Waals surface area contributed by atoms with Crippen LogP contribution in [0.5, 0.6) is 0 Å². The summed E-state index contributed by atoms with van der Waals surface area (Å²) < 4.78 is 0. The maximum Gasteiger partial charge on any atom is 0.328 e. The summed E-state index contributed by atoms with van der Waals surface area (Å²) in [5.41, 5.74) is 32.7. The van der Waals surface area contributed by atoms with Crippen molar-refractivity contribution in [3.8, 4) is 0 Å². The number of aliphatic hydroxyl groups excluding tert-OH is 4. The van der Waals surface area contributed by atoms with Crippen molar-refractivity contribution in [2.24, 2.45) is 39.4 Å². The van der Waals surface area contributed by atoms with Crippen LogP contribution in [0.25, 0.3) is 0 Å². The number of nitrogens with zero attached hydrogens (tertiary/aromatic N) is 2. The van der Waals surface area contributed by atoms with Crippen LogP contribution in [0.2, 0.25) is 0 Å². The van der Waals surface area contributed by atoms with Crippen molar-refractivity contribution in [1.29, 1.82) is 0 Å². The summed E-state index contributed by atoms with van der Waals surface area (Å²) in [5, 5.41) is 65.9. The van der Waals surface area contributed by atoms with Gasteiger partial charge in [0.15, 0.2) is 12.0 Å². The highest BCUT2D eigenvalue weighted by Crippen LogP contribution is 2.20. The first-order valence-corrected chi connectivity index (χ1v) is 23.1. The third-order valence-corrected chi connectivity index (χ3v) is 11.1. The number of carboxylic acid groups (broad SMARTS) is 1. The first-order chi connectivity index (χ1) is 33.8. The van der Waals surface area contributed by atoms with E-state index in [1.807, 2.05) is 5.32 Å². The smallest absolute Gasteiger partial charge is 0.328 e. The Bertz CT molecular complexity index is 1920. The number of aliphatic carboxylic acids is 1. The Labute approximate surface area is 414 Å². The zero-order chi connectivity index (χ0) is 54.8. The number of carbonyl (C=O) groups is 11. The largest absolute Gasteiger partial charge is 0.480 e. The number of guanidine groups is 1. The third-order valence-electron chi connectivity index (χ3n) is 11.1. The van der Waals surface area contributed by atoms with Crippen LogP contribution in [0.15, 0.2) is 4.99 Å². The molecule has 1 heterocycles. The molecule has 0 radical (unpaired) electrons. The number of aliphatic hydroxyl groups is 4. The molecule has 1 aliphatic rings. The number of carbonyl (C=O) groups excluding carboxylic acids is 10. The molecule has 10 amide bonds. The maximum atomic E-state index is 14.2. The molecule has 1 fully saturated rings. The van der Waals surface area contributed by atoms with Crippen molar-refractivity contribution in [2.75, 3.05) is 32.8 Å². The summed E-state index contributed by atoms with van der Waals surface area (Å²) in [6.07, 6.45) is -3.88. The molecule has 0 aromatic carbocycles. The average molecular weight is 1030 g/mol. The fraction of sp³-hybridized carbons (Fsp3) is 0.707. The standard InChI is InChI=1S/C41H73N15O16/c1-19(59)30(54-34(65)23(11-13-29(45)62)49-32(63)21(43)10-12-28(44)61)38(69)50-22(7-3-4-14-42)33(64)52-25(17-57)35(66)51-24(8-5-15-48-41(46)47)39(70)56-16-6-9-27(56)37(68)53-26(18-58)36(67)55-31(20(2)60)40(71)72/h19-27,30-31,57-60H,3-18,42-43H2,1-2H3,(H2,44,61)(H2,45,62)(H,49,63)(H,50,69)(H,51,66)(H,52,64)(H,53,68)(H,54,65)(H,55,67)(H,71,72)(H4,46,47,48)/t19-,20-,21+,22+,23+,24+,25+,26+,27+,30+,31+/m1/s1. The van der Waals surface area contributed by atoms with Gasteiger partial charge in [0.05, 0.1) is 31.5 Å². The van der Waals surface area contributed by atoms with Gasteiger partial charge in [0, 0.05) is 25.9 Å². The van der Waals surface area contributed by atoms with Gasteiger partial charge in [-0.25, -0.2) is 4.79 Å². The second kappa shape index (κ2) is 32.2. The van der Waals surface area contributed by atoms with Gasteiger partial charge >= 0.3 is 5.97 Å². The summed E-state index contributed by atoms with van der Waals surface area (Å²) in [6, 6.07) is -14.2. The molecule has 72 heavy (non-hydrogen) atoms. The molecular formula is C41H73N15O16. The van der Waals surface area contributed by atoms with Crippen LogP contribution in [0.4, 0.5) is 0 Å². The van der Waals surface area contributed by atoms with Gasteiger partial charge < -0.3 is 102 Å². The van der Waals surface area contributed by atoms with E-state index in [0.717, 1.165) is 18.7 Å². The van der Waals surface area contributed by atoms with E-state index < -0.39 is 151 Å². The summed E-state index contributed by atoms with van der Waals surface area (Å²) in [7, 11) is 0. The van der Waals surface area contributed by atoms with Crippen molar-refractivity contribution >= 4 is 71.0 Å². The van der Waals surface area contributed by atoms with E-state index in [1.54, 1.807) is 0 Å². The van der Waals surface area contributed by atoms with Crippen LogP contribution < -0.4 is 71.6 Å². The topological polar surface area (TPSA) is 545 Å². The van der Waals surface area contributed by atoms with Crippen molar-refractivity contribution < 1.29 is 78.3 Å². The second-order valence-corrected chi connectivity index (χ2v) is 17.0. The summed E-state index contributed by atoms with van der Waals surface area (Å²) >= 11 is 0. The van der Waals surface area contributed by atoms with E-state index in [4.69, 9.17) is 34.4 Å². The number of hydrogen-bond acceptors (Lipinski definition) is 18. The van der Waals surface area contributed by atoms with Crippen LogP contribution in [0.1, 0.15) is 84.5 Å². The highest BCUT2D eigenvalue weighted by molar-refractivity contribution is 5.98. The molecule has 0 bridgehead atoms. The molecule has 31 heteroatoms. The van der Waals surface area contributed by atoms with Gasteiger partial charge in [0.2, 0.25) is 59.1 Å². The molecule has 0 aliphatic carbocycles. The van der Waals surface area contributed by atoms with Gasteiger partial charge in [-0.2, -0.15) is 0 Å². The van der Waals surface area contributed by atoms with Gasteiger partial charge in [0.1, 0.15) is 42.3 Å². The number of likely N-dealkylation sites (tertiary alicyclic amines) is 1. The van der Waals surface area contributed by atoms with Gasteiger partial charge in [-0.3, -0.25) is 52.9 Å². The molecule has 11 atom stereocenters. The Balaban J connectivity index is 3.37. The molecule has 1 rings (SSSR count). The van der Waals surface area contributed by atoms with E-state index in [-0.39, 0.29) is 83.4 Å². The Kier molecular flexibility index (Phi) is 28.3. The Morgan fingerprint density at radius 1 is 0.597 bits per heavy atom. The van der Waals surface area contributed by atoms with Crippen LogP contribution in [-0.4, -0.2) is 201 Å². The number of hydrogen-bond donors (Lipinski definition) is 18. The first kappa shape index (κ1) is 63.2. The lowest BCUT2D eigenvalue weighted by Crippen LogP contribution is -2.62. The number of rotatable bonds is 34. The second-order valence-electron chi connectivity index (χ2n) is 17.0. The zero-order valence-electron chi connectivity index (χ0n) is 40.2. The van der Waals surface area contributed by atoms with Gasteiger partial charge in [-0.05, 0) is 78.2 Å². The monoisotopic (exact) mass is 1030 g/mol. The molecule has 0 unspecified atom stereocenters. The average Bonchev–Trinajstić information content (AvgIpc) is 3.81. The molecule has 0 aromatic heterocycles. The molecule has 31 nitrogen and oxygen atoms in total. The number of nitrogens with one attached hydrogen (secondary N) is 7. The Morgan fingerprint density at radius 2 is 1.07 bits per heavy atom. The van der Waals surface area contributed by atoms with Crippen LogP contribution in [0, 0.1) is 0 Å². The fourth-order valence-electron chi connectivity index (χ4n) is 7.05. The molecule has 0 saturated carbocycles. The number of amides is 10. The third kappa shape index (κ3) is 22.1. The Hall–Kier alpha value is -6.80.